The van der Waals surface area contributed by atoms with Crippen LogP contribution in [0.2, 0.25) is 0 Å². The summed E-state index contributed by atoms with van der Waals surface area (Å²) in [5.41, 5.74) is 0.639. The van der Waals surface area contributed by atoms with E-state index >= 15 is 0 Å². The van der Waals surface area contributed by atoms with Crippen LogP contribution in [0.15, 0.2) is 21.4 Å². The third-order valence-electron chi connectivity index (χ3n) is 4.26. The van der Waals surface area contributed by atoms with Crippen LogP contribution in [0.5, 0.6) is 0 Å². The van der Waals surface area contributed by atoms with Gasteiger partial charge in [0.1, 0.15) is 0 Å². The van der Waals surface area contributed by atoms with E-state index < -0.39 is 0 Å². The summed E-state index contributed by atoms with van der Waals surface area (Å²) in [6, 6.07) is 2.34. The fraction of sp³-hybridized carbons (Fsp3) is 0.643. The molecule has 2 aliphatic rings. The van der Waals surface area contributed by atoms with Gasteiger partial charge in [-0.3, -0.25) is 4.79 Å². The van der Waals surface area contributed by atoms with Crippen LogP contribution in [-0.4, -0.2) is 36.5 Å². The van der Waals surface area contributed by atoms with Crippen LogP contribution in [0.1, 0.15) is 36.0 Å². The standard InChI is InChI=1S/C14H19BrN2O2/c15-13-11(5-8-19-13)14(18)17-7-2-3-10(9-17)12-4-1-6-16-12/h5,8,10,12,16H,1-4,6-7,9H2. The molecule has 2 aliphatic heterocycles. The van der Waals surface area contributed by atoms with E-state index in [0.717, 1.165) is 26.1 Å². The molecule has 3 rings (SSSR count). The van der Waals surface area contributed by atoms with Crippen molar-refractivity contribution in [3.8, 4) is 0 Å². The molecule has 1 aromatic heterocycles. The molecule has 0 radical (unpaired) electrons. The van der Waals surface area contributed by atoms with E-state index in [1.165, 1.54) is 19.3 Å². The number of halogens is 1. The number of carbonyl (C=O) groups is 1. The van der Waals surface area contributed by atoms with Crippen LogP contribution >= 0.6 is 15.9 Å². The van der Waals surface area contributed by atoms with Gasteiger partial charge in [0.05, 0.1) is 11.8 Å². The van der Waals surface area contributed by atoms with Gasteiger partial charge in [-0.2, -0.15) is 0 Å². The molecule has 104 valence electrons. The summed E-state index contributed by atoms with van der Waals surface area (Å²) >= 11 is 3.29. The summed E-state index contributed by atoms with van der Waals surface area (Å²) in [4.78, 5) is 14.4. The maximum Gasteiger partial charge on any atom is 0.258 e. The molecular formula is C14H19BrN2O2. The largest absolute Gasteiger partial charge is 0.457 e. The molecule has 0 bridgehead atoms. The minimum atomic E-state index is 0.0864. The van der Waals surface area contributed by atoms with Gasteiger partial charge in [-0.1, -0.05) is 0 Å². The smallest absolute Gasteiger partial charge is 0.258 e. The molecule has 2 fully saturated rings. The average molecular weight is 327 g/mol. The van der Waals surface area contributed by atoms with Crippen molar-refractivity contribution < 1.29 is 9.21 Å². The van der Waals surface area contributed by atoms with Gasteiger partial charge in [0.15, 0.2) is 4.67 Å². The second-order valence-corrected chi connectivity index (χ2v) is 6.18. The number of amides is 1. The fourth-order valence-electron chi connectivity index (χ4n) is 3.25. The van der Waals surface area contributed by atoms with Crippen LogP contribution < -0.4 is 5.32 Å². The Bertz CT molecular complexity index is 454. The normalized spacial score (nSPS) is 27.7. The Balaban J connectivity index is 1.67. The molecule has 0 spiro atoms. The van der Waals surface area contributed by atoms with Crippen LogP contribution in [0.4, 0.5) is 0 Å². The van der Waals surface area contributed by atoms with Crippen molar-refractivity contribution >= 4 is 21.8 Å². The number of piperidine rings is 1. The van der Waals surface area contributed by atoms with Crippen molar-refractivity contribution in [1.82, 2.24) is 10.2 Å². The van der Waals surface area contributed by atoms with Crippen LogP contribution in [-0.2, 0) is 0 Å². The lowest BCUT2D eigenvalue weighted by atomic mass is 9.89. The molecule has 4 nitrogen and oxygen atoms in total. The van der Waals surface area contributed by atoms with E-state index in [4.69, 9.17) is 4.42 Å². The van der Waals surface area contributed by atoms with Gasteiger partial charge in [0.25, 0.3) is 5.91 Å². The highest BCUT2D eigenvalue weighted by Crippen LogP contribution is 2.27. The molecule has 0 aliphatic carbocycles. The number of nitrogens with one attached hydrogen (secondary N) is 1. The molecule has 0 saturated carbocycles. The van der Waals surface area contributed by atoms with E-state index in [2.05, 4.69) is 21.2 Å². The van der Waals surface area contributed by atoms with Crippen LogP contribution in [0.3, 0.4) is 0 Å². The molecule has 1 N–H and O–H groups in total. The summed E-state index contributed by atoms with van der Waals surface area (Å²) in [6.07, 6.45) is 6.40. The third-order valence-corrected chi connectivity index (χ3v) is 4.87. The Labute approximate surface area is 121 Å². The molecular weight excluding hydrogens is 308 g/mol. The SMILES string of the molecule is O=C(c1ccoc1Br)N1CCCC(C2CCCN2)C1. The number of likely N-dealkylation sites (tertiary alicyclic amines) is 1. The van der Waals surface area contributed by atoms with Crippen LogP contribution in [0.25, 0.3) is 0 Å². The first-order valence-electron chi connectivity index (χ1n) is 7.01. The molecule has 0 aromatic carbocycles. The zero-order valence-corrected chi connectivity index (χ0v) is 12.5. The van der Waals surface area contributed by atoms with Gasteiger partial charge in [0, 0.05) is 19.1 Å². The lowest BCUT2D eigenvalue weighted by molar-refractivity contribution is 0.0649. The maximum atomic E-state index is 12.5. The third kappa shape index (κ3) is 2.72. The maximum absolute atomic E-state index is 12.5. The first-order valence-corrected chi connectivity index (χ1v) is 7.80. The van der Waals surface area contributed by atoms with E-state index in [-0.39, 0.29) is 5.91 Å². The Morgan fingerprint density at radius 3 is 3.00 bits per heavy atom. The highest BCUT2D eigenvalue weighted by atomic mass is 79.9. The number of rotatable bonds is 2. The number of carbonyl (C=O) groups excluding carboxylic acids is 1. The summed E-state index contributed by atoms with van der Waals surface area (Å²) in [5.74, 6) is 0.689. The van der Waals surface area contributed by atoms with Crippen molar-refractivity contribution in [3.63, 3.8) is 0 Å². The number of hydrogen-bond acceptors (Lipinski definition) is 3. The topological polar surface area (TPSA) is 45.5 Å². The highest BCUT2D eigenvalue weighted by molar-refractivity contribution is 9.10. The predicted molar refractivity (Wildman–Crippen MR) is 76.1 cm³/mol. The highest BCUT2D eigenvalue weighted by Gasteiger charge is 2.31. The first kappa shape index (κ1) is 13.2. The van der Waals surface area contributed by atoms with E-state index in [0.29, 0.717) is 22.2 Å². The molecule has 2 atom stereocenters. The predicted octanol–water partition coefficient (Wildman–Crippen LogP) is 2.65. The van der Waals surface area contributed by atoms with Gasteiger partial charge >= 0.3 is 0 Å². The van der Waals surface area contributed by atoms with Crippen molar-refractivity contribution in [2.45, 2.75) is 31.7 Å². The second-order valence-electron chi connectivity index (χ2n) is 5.46. The molecule has 2 saturated heterocycles. The quantitative estimate of drug-likeness (QED) is 0.908. The van der Waals surface area contributed by atoms with Crippen molar-refractivity contribution in [1.29, 1.82) is 0 Å². The average Bonchev–Trinajstić information content (AvgIpc) is 3.09. The van der Waals surface area contributed by atoms with Gasteiger partial charge in [-0.25, -0.2) is 0 Å². The minimum Gasteiger partial charge on any atom is -0.457 e. The Morgan fingerprint density at radius 1 is 1.42 bits per heavy atom. The fourth-order valence-corrected chi connectivity index (χ4v) is 3.66. The Morgan fingerprint density at radius 2 is 2.32 bits per heavy atom. The lowest BCUT2D eigenvalue weighted by Gasteiger charge is -2.35. The van der Waals surface area contributed by atoms with Crippen LogP contribution in [0, 0.1) is 5.92 Å². The molecule has 3 heterocycles. The summed E-state index contributed by atoms with van der Waals surface area (Å²) in [5, 5.41) is 3.57. The zero-order valence-electron chi connectivity index (χ0n) is 10.9. The number of nitrogens with zero attached hydrogens (tertiary/aromatic N) is 1. The molecule has 19 heavy (non-hydrogen) atoms. The summed E-state index contributed by atoms with van der Waals surface area (Å²) in [7, 11) is 0. The number of furan rings is 1. The molecule has 5 heteroatoms. The van der Waals surface area contributed by atoms with E-state index in [1.807, 2.05) is 4.90 Å². The van der Waals surface area contributed by atoms with Gasteiger partial charge in [0.2, 0.25) is 0 Å². The second kappa shape index (κ2) is 5.67. The number of hydrogen-bond donors (Lipinski definition) is 1. The van der Waals surface area contributed by atoms with Gasteiger partial charge in [-0.15, -0.1) is 0 Å². The molecule has 1 aromatic rings. The van der Waals surface area contributed by atoms with E-state index in [9.17, 15) is 4.79 Å². The molecule has 2 unspecified atom stereocenters. The minimum absolute atomic E-state index is 0.0864. The summed E-state index contributed by atoms with van der Waals surface area (Å²) in [6.45, 7) is 2.86. The monoisotopic (exact) mass is 326 g/mol. The van der Waals surface area contributed by atoms with Gasteiger partial charge < -0.3 is 14.6 Å². The summed E-state index contributed by atoms with van der Waals surface area (Å²) < 4.78 is 5.70. The Hall–Kier alpha value is -0.810. The molecule has 1 amide bonds. The van der Waals surface area contributed by atoms with Crippen molar-refractivity contribution in [3.05, 3.63) is 22.6 Å². The first-order chi connectivity index (χ1) is 9.25. The van der Waals surface area contributed by atoms with Crippen molar-refractivity contribution in [2.75, 3.05) is 19.6 Å². The lowest BCUT2D eigenvalue weighted by Crippen LogP contribution is -2.45. The van der Waals surface area contributed by atoms with Crippen molar-refractivity contribution in [2.24, 2.45) is 5.92 Å². The van der Waals surface area contributed by atoms with E-state index in [1.54, 1.807) is 12.3 Å². The Kier molecular flexibility index (Phi) is 3.93. The zero-order chi connectivity index (χ0) is 13.2. The van der Waals surface area contributed by atoms with Gasteiger partial charge in [-0.05, 0) is 60.1 Å².